The first-order chi connectivity index (χ1) is 27.9. The maximum absolute atomic E-state index is 14.4. The molecule has 15 nitrogen and oxygen atoms in total. The number of hydrogen-bond donors (Lipinski definition) is 8. The van der Waals surface area contributed by atoms with E-state index < -0.39 is 77.8 Å². The molecule has 6 amide bonds. The number of hydrogen-bond acceptors (Lipinski definition) is 8. The van der Waals surface area contributed by atoms with Gasteiger partial charge in [-0.2, -0.15) is 0 Å². The van der Waals surface area contributed by atoms with Crippen molar-refractivity contribution in [2.24, 2.45) is 5.73 Å². The normalized spacial score (nSPS) is 23.5. The molecule has 9 N–H and O–H groups in total. The van der Waals surface area contributed by atoms with Crippen LogP contribution in [0.25, 0.3) is 10.9 Å². The predicted octanol–water partition coefficient (Wildman–Crippen LogP) is 0.990. The lowest BCUT2D eigenvalue weighted by atomic mass is 10.00. The standard InChI is InChI=1S/C43H54N8O7/c1-26-38(53)48-34(22-28-14-6-4-7-15-28)40(55)49-35(24-30-25-45-32-19-11-10-18-31(30)32)41(56)47-33(20-12-13-21-44)39(54)50-37(27(2)52)43(58)51(3)36(42(57)46-26)23-29-16-8-5-9-17-29/h4-11,14-19,25-27,33-37,45,52H,12-13,20-24,44H2,1-3H3,(H,46,57)(H,47,56)(H,48,53)(H,49,55)(H,50,54)/t26-,27+,33+,34-,35-,36-,37-/m1/s1. The van der Waals surface area contributed by atoms with Gasteiger partial charge in [-0.15, -0.1) is 0 Å². The van der Waals surface area contributed by atoms with Crippen LogP contribution in [-0.2, 0) is 48.0 Å². The number of nitrogens with two attached hydrogens (primary N) is 1. The summed E-state index contributed by atoms with van der Waals surface area (Å²) in [5.41, 5.74) is 8.74. The van der Waals surface area contributed by atoms with E-state index in [1.165, 1.54) is 20.9 Å². The summed E-state index contributed by atoms with van der Waals surface area (Å²) in [5.74, 6) is -4.21. The number of H-pyrrole nitrogens is 1. The van der Waals surface area contributed by atoms with Gasteiger partial charge in [-0.25, -0.2) is 0 Å². The highest BCUT2D eigenvalue weighted by Crippen LogP contribution is 2.20. The third-order valence-corrected chi connectivity index (χ3v) is 10.4. The summed E-state index contributed by atoms with van der Waals surface area (Å²) in [6.07, 6.45) is 1.54. The Morgan fingerprint density at radius 2 is 1.21 bits per heavy atom. The van der Waals surface area contributed by atoms with Crippen molar-refractivity contribution in [2.75, 3.05) is 13.6 Å². The van der Waals surface area contributed by atoms with Gasteiger partial charge in [0.25, 0.3) is 0 Å². The maximum Gasteiger partial charge on any atom is 0.248 e. The number of nitrogens with one attached hydrogen (secondary N) is 6. The molecule has 58 heavy (non-hydrogen) atoms. The van der Waals surface area contributed by atoms with E-state index in [0.717, 1.165) is 26.9 Å². The zero-order chi connectivity index (χ0) is 41.8. The monoisotopic (exact) mass is 794 g/mol. The van der Waals surface area contributed by atoms with Gasteiger partial charge in [-0.3, -0.25) is 28.8 Å². The number of nitrogens with zero attached hydrogens (tertiary/aromatic N) is 1. The molecule has 7 atom stereocenters. The molecular weight excluding hydrogens is 741 g/mol. The smallest absolute Gasteiger partial charge is 0.248 e. The van der Waals surface area contributed by atoms with E-state index >= 15 is 0 Å². The molecule has 1 aromatic heterocycles. The molecule has 2 heterocycles. The third-order valence-electron chi connectivity index (χ3n) is 10.4. The van der Waals surface area contributed by atoms with Crippen molar-refractivity contribution >= 4 is 46.3 Å². The molecule has 1 aliphatic heterocycles. The molecule has 0 bridgehead atoms. The van der Waals surface area contributed by atoms with Gasteiger partial charge in [-0.05, 0) is 62.4 Å². The summed E-state index contributed by atoms with van der Waals surface area (Å²) in [6, 6.07) is 18.0. The highest BCUT2D eigenvalue weighted by molar-refractivity contribution is 5.98. The number of amides is 6. The van der Waals surface area contributed by atoms with E-state index in [9.17, 15) is 33.9 Å². The highest BCUT2D eigenvalue weighted by atomic mass is 16.3. The fourth-order valence-electron chi connectivity index (χ4n) is 7.03. The summed E-state index contributed by atoms with van der Waals surface area (Å²) in [7, 11) is 1.39. The molecule has 1 fully saturated rings. The van der Waals surface area contributed by atoms with Crippen LogP contribution in [0.1, 0.15) is 49.8 Å². The van der Waals surface area contributed by atoms with Crippen LogP contribution in [0.3, 0.4) is 0 Å². The predicted molar refractivity (Wildman–Crippen MR) is 219 cm³/mol. The average Bonchev–Trinajstić information content (AvgIpc) is 3.63. The molecular formula is C43H54N8O7. The quantitative estimate of drug-likeness (QED) is 0.102. The molecule has 0 radical (unpaired) electrons. The summed E-state index contributed by atoms with van der Waals surface area (Å²) in [4.78, 5) is 89.2. The fourth-order valence-corrected chi connectivity index (χ4v) is 7.03. The van der Waals surface area contributed by atoms with Crippen molar-refractivity contribution in [3.63, 3.8) is 0 Å². The Balaban J connectivity index is 1.56. The van der Waals surface area contributed by atoms with Crippen molar-refractivity contribution in [3.8, 4) is 0 Å². The number of aromatic amines is 1. The van der Waals surface area contributed by atoms with Gasteiger partial charge in [0.2, 0.25) is 35.4 Å². The molecule has 1 aliphatic rings. The number of para-hydroxylation sites is 1. The first-order valence-electron chi connectivity index (χ1n) is 19.7. The van der Waals surface area contributed by atoms with Crippen LogP contribution in [0.5, 0.6) is 0 Å². The summed E-state index contributed by atoms with van der Waals surface area (Å²) in [5, 5.41) is 25.5. The number of benzene rings is 3. The van der Waals surface area contributed by atoms with Crippen molar-refractivity contribution in [1.82, 2.24) is 36.5 Å². The van der Waals surface area contributed by atoms with Gasteiger partial charge in [0, 0.05) is 43.4 Å². The molecule has 1 saturated heterocycles. The Morgan fingerprint density at radius 3 is 1.84 bits per heavy atom. The molecule has 4 aromatic rings. The average molecular weight is 795 g/mol. The number of carbonyl (C=O) groups is 6. The van der Waals surface area contributed by atoms with Crippen LogP contribution >= 0.6 is 0 Å². The van der Waals surface area contributed by atoms with Crippen molar-refractivity contribution in [2.45, 2.75) is 94.7 Å². The van der Waals surface area contributed by atoms with E-state index in [0.29, 0.717) is 24.9 Å². The Morgan fingerprint density at radius 1 is 0.655 bits per heavy atom. The molecule has 3 aromatic carbocycles. The minimum absolute atomic E-state index is 0.0135. The number of rotatable bonds is 11. The third kappa shape index (κ3) is 11.3. The molecule has 0 spiro atoms. The topological polar surface area (TPSA) is 228 Å². The number of aliphatic hydroxyl groups is 1. The molecule has 5 rings (SSSR count). The summed E-state index contributed by atoms with van der Waals surface area (Å²) >= 11 is 0. The fraction of sp³-hybridized carbons (Fsp3) is 0.395. The van der Waals surface area contributed by atoms with Crippen molar-refractivity contribution in [1.29, 1.82) is 0 Å². The number of unbranched alkanes of at least 4 members (excludes halogenated alkanes) is 1. The Bertz CT molecular complexity index is 2040. The molecule has 0 aliphatic carbocycles. The van der Waals surface area contributed by atoms with Gasteiger partial charge >= 0.3 is 0 Å². The van der Waals surface area contributed by atoms with E-state index in [1.807, 2.05) is 36.4 Å². The number of fused-ring (bicyclic) bond motifs is 1. The molecule has 15 heteroatoms. The first kappa shape index (κ1) is 43.1. The minimum atomic E-state index is -1.52. The van der Waals surface area contributed by atoms with Crippen LogP contribution in [-0.4, -0.2) is 106 Å². The first-order valence-corrected chi connectivity index (χ1v) is 19.7. The van der Waals surface area contributed by atoms with Gasteiger partial charge in [0.05, 0.1) is 6.10 Å². The lowest BCUT2D eigenvalue weighted by Crippen LogP contribution is -2.63. The number of aliphatic hydroxyl groups excluding tert-OH is 1. The Labute approximate surface area is 337 Å². The van der Waals surface area contributed by atoms with Crippen molar-refractivity contribution < 1.29 is 33.9 Å². The van der Waals surface area contributed by atoms with Crippen LogP contribution < -0.4 is 32.3 Å². The van der Waals surface area contributed by atoms with Gasteiger partial charge in [0.15, 0.2) is 0 Å². The largest absolute Gasteiger partial charge is 0.391 e. The van der Waals surface area contributed by atoms with E-state index in [2.05, 4.69) is 31.6 Å². The lowest BCUT2D eigenvalue weighted by molar-refractivity contribution is -0.145. The van der Waals surface area contributed by atoms with Crippen LogP contribution in [0.15, 0.2) is 91.1 Å². The van der Waals surface area contributed by atoms with E-state index in [1.54, 1.807) is 54.7 Å². The van der Waals surface area contributed by atoms with Crippen molar-refractivity contribution in [3.05, 3.63) is 108 Å². The second-order valence-corrected chi connectivity index (χ2v) is 14.8. The van der Waals surface area contributed by atoms with Gasteiger partial charge in [0.1, 0.15) is 36.3 Å². The van der Waals surface area contributed by atoms with Crippen LogP contribution in [0, 0.1) is 0 Å². The van der Waals surface area contributed by atoms with Crippen LogP contribution in [0.2, 0.25) is 0 Å². The maximum atomic E-state index is 14.4. The number of likely N-dealkylation sites (N-methyl/N-ethyl adjacent to an activating group) is 1. The lowest BCUT2D eigenvalue weighted by Gasteiger charge is -2.33. The molecule has 0 unspecified atom stereocenters. The second kappa shape index (κ2) is 20.4. The number of carbonyl (C=O) groups excluding carboxylic acids is 6. The molecule has 0 saturated carbocycles. The van der Waals surface area contributed by atoms with Gasteiger partial charge in [-0.1, -0.05) is 78.9 Å². The van der Waals surface area contributed by atoms with Gasteiger partial charge < -0.3 is 47.3 Å². The Kier molecular flexibility index (Phi) is 15.1. The second-order valence-electron chi connectivity index (χ2n) is 14.8. The summed E-state index contributed by atoms with van der Waals surface area (Å²) < 4.78 is 0. The summed E-state index contributed by atoms with van der Waals surface area (Å²) in [6.45, 7) is 3.13. The molecule has 308 valence electrons. The SMILES string of the molecule is C[C@H](O)[C@H]1NC(=O)[C@H](CCCCN)NC(=O)[C@@H](Cc2c[nH]c3ccccc23)NC(=O)[C@@H](Cc2ccccc2)NC(=O)[C@@H](C)NC(=O)[C@@H](Cc2ccccc2)N(C)C1=O. The van der Waals surface area contributed by atoms with E-state index in [-0.39, 0.29) is 25.7 Å². The zero-order valence-electron chi connectivity index (χ0n) is 33.1. The van der Waals surface area contributed by atoms with E-state index in [4.69, 9.17) is 5.73 Å². The Hall–Kier alpha value is -6.06. The zero-order valence-corrected chi connectivity index (χ0v) is 33.1. The minimum Gasteiger partial charge on any atom is -0.391 e. The van der Waals surface area contributed by atoms with Crippen LogP contribution in [0.4, 0.5) is 0 Å². The highest BCUT2D eigenvalue weighted by Gasteiger charge is 2.38. The number of aromatic nitrogens is 1.